The number of halogens is 2. The van der Waals surface area contributed by atoms with Gasteiger partial charge in [0, 0.05) is 33.2 Å². The summed E-state index contributed by atoms with van der Waals surface area (Å²) in [5.74, 6) is 0.895. The summed E-state index contributed by atoms with van der Waals surface area (Å²) in [6.07, 6.45) is 41.1. The average Bonchev–Trinajstić information content (AvgIpc) is 3.68. The smallest absolute Gasteiger partial charge is 0.259 e. The van der Waals surface area contributed by atoms with E-state index in [1.807, 2.05) is 12.1 Å². The summed E-state index contributed by atoms with van der Waals surface area (Å²) < 4.78 is 1.94. The minimum atomic E-state index is 0.00334. The molecule has 4 rings (SSSR count). The van der Waals surface area contributed by atoms with Crippen LogP contribution in [-0.4, -0.2) is 24.9 Å². The van der Waals surface area contributed by atoms with Crippen LogP contribution in [0.25, 0.3) is 11.1 Å². The molecule has 2 aromatic rings. The predicted octanol–water partition coefficient (Wildman–Crippen LogP) is 18.6. The fraction of sp³-hybridized carbons (Fsp3) is 0.714. The Hall–Kier alpha value is -1.92. The third-order valence-electron chi connectivity index (χ3n) is 14.0. The van der Waals surface area contributed by atoms with Gasteiger partial charge in [-0.05, 0) is 61.8 Å². The maximum atomic E-state index is 15.1. The molecule has 62 heavy (non-hydrogen) atoms. The summed E-state index contributed by atoms with van der Waals surface area (Å²) >= 11 is 7.53. The lowest BCUT2D eigenvalue weighted by molar-refractivity contribution is -0.114. The van der Waals surface area contributed by atoms with Gasteiger partial charge in [-0.15, -0.1) is 0 Å². The second-order valence-corrected chi connectivity index (χ2v) is 21.1. The minimum absolute atomic E-state index is 0.00334. The molecule has 0 saturated heterocycles. The lowest BCUT2D eigenvalue weighted by Crippen LogP contribution is -2.34. The molecule has 0 N–H and O–H groups in total. The Morgan fingerprint density at radius 2 is 0.645 bits per heavy atom. The Labute approximate surface area is 397 Å². The number of benzene rings is 2. The van der Waals surface area contributed by atoms with E-state index < -0.39 is 0 Å². The number of carbonyl (C=O) groups excluding carboxylic acids is 2. The fourth-order valence-electron chi connectivity index (χ4n) is 10.2. The Bertz CT molecular complexity index is 1500. The van der Waals surface area contributed by atoms with Crippen molar-refractivity contribution in [1.82, 2.24) is 0 Å². The van der Waals surface area contributed by atoms with Gasteiger partial charge in [0.2, 0.25) is 0 Å². The molecule has 2 heterocycles. The van der Waals surface area contributed by atoms with Gasteiger partial charge in [0.15, 0.2) is 0 Å². The topological polar surface area (TPSA) is 40.6 Å². The van der Waals surface area contributed by atoms with E-state index >= 15 is 9.59 Å². The molecule has 2 amide bonds. The van der Waals surface area contributed by atoms with Crippen LogP contribution in [0.2, 0.25) is 0 Å². The van der Waals surface area contributed by atoms with Crippen LogP contribution in [0.4, 0.5) is 11.4 Å². The van der Waals surface area contributed by atoms with Crippen molar-refractivity contribution in [1.29, 1.82) is 0 Å². The number of rotatable bonds is 36. The maximum Gasteiger partial charge on any atom is 0.259 e. The zero-order valence-corrected chi connectivity index (χ0v) is 43.3. The Balaban J connectivity index is 1.57. The second kappa shape index (κ2) is 31.1. The molecule has 0 spiro atoms. The number of anilines is 2. The number of hydrogen-bond acceptors (Lipinski definition) is 2. The third-order valence-corrected chi connectivity index (χ3v) is 14.9. The molecule has 4 nitrogen and oxygen atoms in total. The number of hydrogen-bond donors (Lipinski definition) is 0. The molecule has 2 unspecified atom stereocenters. The van der Waals surface area contributed by atoms with Crippen molar-refractivity contribution in [3.8, 4) is 0 Å². The van der Waals surface area contributed by atoms with Crippen molar-refractivity contribution < 1.29 is 9.59 Å². The SMILES string of the molecule is CCCCCCCCCCC(CCCCCCCC)CN1C(=O)/C(=C2/C(=O)N(CC(CCCCCCCC)CCCCCCCCCC)c3cc(Br)ccc32)c2ccc(Br)cc21. The highest BCUT2D eigenvalue weighted by molar-refractivity contribution is 9.10. The van der Waals surface area contributed by atoms with E-state index in [1.54, 1.807) is 0 Å². The van der Waals surface area contributed by atoms with Crippen LogP contribution in [0.5, 0.6) is 0 Å². The van der Waals surface area contributed by atoms with Crippen molar-refractivity contribution in [2.75, 3.05) is 22.9 Å². The number of amides is 2. The van der Waals surface area contributed by atoms with E-state index in [9.17, 15) is 0 Å². The van der Waals surface area contributed by atoms with E-state index in [0.29, 0.717) is 36.1 Å². The van der Waals surface area contributed by atoms with Crippen LogP contribution in [-0.2, 0) is 9.59 Å². The summed E-state index contributed by atoms with van der Waals surface area (Å²) in [5, 5.41) is 0. The molecular formula is C56H88Br2N2O2. The van der Waals surface area contributed by atoms with Gasteiger partial charge in [0.25, 0.3) is 11.8 Å². The largest absolute Gasteiger partial charge is 0.307 e. The highest BCUT2D eigenvalue weighted by Crippen LogP contribution is 2.48. The summed E-state index contributed by atoms with van der Waals surface area (Å²) in [6, 6.07) is 12.5. The zero-order chi connectivity index (χ0) is 44.4. The first kappa shape index (κ1) is 52.7. The number of fused-ring (bicyclic) bond motifs is 2. The minimum Gasteiger partial charge on any atom is -0.307 e. The predicted molar refractivity (Wildman–Crippen MR) is 277 cm³/mol. The molecule has 2 aliphatic rings. The van der Waals surface area contributed by atoms with Crippen molar-refractivity contribution in [2.45, 2.75) is 233 Å². The van der Waals surface area contributed by atoms with Gasteiger partial charge in [-0.3, -0.25) is 9.59 Å². The molecule has 0 radical (unpaired) electrons. The van der Waals surface area contributed by atoms with E-state index in [1.165, 1.54) is 180 Å². The second-order valence-electron chi connectivity index (χ2n) is 19.3. The first-order valence-corrected chi connectivity index (χ1v) is 27.9. The van der Waals surface area contributed by atoms with E-state index in [2.05, 4.69) is 93.6 Å². The molecule has 0 aliphatic carbocycles. The molecular weight excluding hydrogens is 892 g/mol. The summed E-state index contributed by atoms with van der Waals surface area (Å²) in [4.78, 5) is 34.3. The lowest BCUT2D eigenvalue weighted by Gasteiger charge is -2.25. The quantitative estimate of drug-likeness (QED) is 0.0504. The fourth-order valence-corrected chi connectivity index (χ4v) is 10.9. The average molecular weight is 981 g/mol. The first-order valence-electron chi connectivity index (χ1n) is 26.3. The molecule has 0 saturated carbocycles. The van der Waals surface area contributed by atoms with E-state index in [4.69, 9.17) is 0 Å². The molecule has 0 bridgehead atoms. The lowest BCUT2D eigenvalue weighted by atomic mass is 9.93. The molecule has 6 heteroatoms. The van der Waals surface area contributed by atoms with Gasteiger partial charge in [0.05, 0.1) is 22.5 Å². The van der Waals surface area contributed by atoms with E-state index in [0.717, 1.165) is 57.1 Å². The van der Waals surface area contributed by atoms with Crippen molar-refractivity contribution in [2.24, 2.45) is 11.8 Å². The summed E-state index contributed by atoms with van der Waals surface area (Å²) in [5.41, 5.74) is 4.93. The molecule has 2 aromatic carbocycles. The first-order chi connectivity index (χ1) is 30.3. The van der Waals surface area contributed by atoms with Crippen molar-refractivity contribution >= 4 is 66.2 Å². The normalized spacial score (nSPS) is 15.8. The van der Waals surface area contributed by atoms with Crippen molar-refractivity contribution in [3.05, 3.63) is 56.5 Å². The number of carbonyl (C=O) groups is 2. The van der Waals surface area contributed by atoms with Gasteiger partial charge in [-0.1, -0.05) is 251 Å². The maximum absolute atomic E-state index is 15.1. The molecule has 348 valence electrons. The Kier molecular flexibility index (Phi) is 26.4. The molecule has 0 aromatic heterocycles. The highest BCUT2D eigenvalue weighted by atomic mass is 79.9. The Morgan fingerprint density at radius 1 is 0.387 bits per heavy atom. The summed E-state index contributed by atoms with van der Waals surface area (Å²) in [6.45, 7) is 10.6. The Morgan fingerprint density at radius 3 is 0.919 bits per heavy atom. The van der Waals surface area contributed by atoms with Crippen molar-refractivity contribution in [3.63, 3.8) is 0 Å². The highest BCUT2D eigenvalue weighted by Gasteiger charge is 2.43. The summed E-state index contributed by atoms with van der Waals surface area (Å²) in [7, 11) is 0. The zero-order valence-electron chi connectivity index (χ0n) is 40.1. The van der Waals surface area contributed by atoms with Gasteiger partial charge < -0.3 is 9.80 Å². The number of unbranched alkanes of at least 4 members (excludes halogenated alkanes) is 24. The van der Waals surface area contributed by atoms with Crippen LogP contribution < -0.4 is 9.80 Å². The standard InChI is InChI=1S/C56H88Br2N2O2/c1-5-9-13-17-21-23-27-31-35-45(33-29-25-19-15-11-7-3)43-59-51-41-47(57)37-39-49(51)53(55(59)61)54-50-40-38-48(58)42-52(50)60(56(54)62)44-46(34-30-26-20-16-12-8-4)36-32-28-24-22-18-14-10-6-2/h37-42,45-46H,5-36,43-44H2,1-4H3/b54-53+. The van der Waals surface area contributed by atoms with Crippen LogP contribution in [0.1, 0.15) is 244 Å². The monoisotopic (exact) mass is 979 g/mol. The van der Waals surface area contributed by atoms with Gasteiger partial charge in [-0.2, -0.15) is 0 Å². The third kappa shape index (κ3) is 17.5. The van der Waals surface area contributed by atoms with Crippen LogP contribution in [0, 0.1) is 11.8 Å². The van der Waals surface area contributed by atoms with Crippen LogP contribution in [0.3, 0.4) is 0 Å². The van der Waals surface area contributed by atoms with Gasteiger partial charge >= 0.3 is 0 Å². The molecule has 2 atom stereocenters. The molecule has 2 aliphatic heterocycles. The van der Waals surface area contributed by atoms with Gasteiger partial charge in [-0.25, -0.2) is 0 Å². The number of nitrogens with zero attached hydrogens (tertiary/aromatic N) is 2. The molecule has 0 fully saturated rings. The van der Waals surface area contributed by atoms with Gasteiger partial charge in [0.1, 0.15) is 0 Å². The van der Waals surface area contributed by atoms with Crippen LogP contribution in [0.15, 0.2) is 45.3 Å². The van der Waals surface area contributed by atoms with E-state index in [-0.39, 0.29) is 11.8 Å². The van der Waals surface area contributed by atoms with Crippen LogP contribution >= 0.6 is 31.9 Å².